The number of esters is 1. The fraction of sp³-hybridized carbons (Fsp3) is 0.474. The molecular weight excluding hydrogens is 320 g/mol. The van der Waals surface area contributed by atoms with Crippen LogP contribution in [0.3, 0.4) is 0 Å². The van der Waals surface area contributed by atoms with E-state index in [-0.39, 0.29) is 18.5 Å². The number of carbonyl (C=O) groups excluding carboxylic acids is 1. The summed E-state index contributed by atoms with van der Waals surface area (Å²) in [6.07, 6.45) is 7.65. The second-order valence-corrected chi connectivity index (χ2v) is 6.51. The Balaban J connectivity index is 1.55. The summed E-state index contributed by atoms with van der Waals surface area (Å²) in [5.41, 5.74) is 0.0570. The van der Waals surface area contributed by atoms with Crippen molar-refractivity contribution in [2.75, 3.05) is 13.2 Å². The number of rotatable bonds is 6. The SMILES string of the molecule is CCOC(=O)C1CCC(O)(COc2cccc(-n3ccnc3)c2)CC1. The zero-order chi connectivity index (χ0) is 17.7. The first-order valence-corrected chi connectivity index (χ1v) is 8.70. The first-order valence-electron chi connectivity index (χ1n) is 8.70. The van der Waals surface area contributed by atoms with Crippen molar-refractivity contribution >= 4 is 5.97 Å². The fourth-order valence-corrected chi connectivity index (χ4v) is 3.16. The molecule has 3 rings (SSSR count). The van der Waals surface area contributed by atoms with Crippen molar-refractivity contribution in [3.63, 3.8) is 0 Å². The Bertz CT molecular complexity index is 691. The van der Waals surface area contributed by atoms with Gasteiger partial charge >= 0.3 is 5.97 Å². The minimum absolute atomic E-state index is 0.107. The van der Waals surface area contributed by atoms with E-state index < -0.39 is 5.60 Å². The summed E-state index contributed by atoms with van der Waals surface area (Å²) >= 11 is 0. The molecule has 0 atom stereocenters. The van der Waals surface area contributed by atoms with E-state index in [0.717, 1.165) is 5.69 Å². The lowest BCUT2D eigenvalue weighted by Gasteiger charge is -2.34. The Hall–Kier alpha value is -2.34. The second kappa shape index (κ2) is 7.70. The third kappa shape index (κ3) is 4.39. The van der Waals surface area contributed by atoms with E-state index in [0.29, 0.717) is 38.0 Å². The van der Waals surface area contributed by atoms with Crippen LogP contribution in [-0.4, -0.2) is 39.4 Å². The van der Waals surface area contributed by atoms with Crippen LogP contribution in [0.1, 0.15) is 32.6 Å². The number of hydrogen-bond acceptors (Lipinski definition) is 5. The Morgan fingerprint density at radius 2 is 2.20 bits per heavy atom. The average Bonchev–Trinajstić information content (AvgIpc) is 3.16. The molecule has 0 saturated heterocycles. The summed E-state index contributed by atoms with van der Waals surface area (Å²) in [5.74, 6) is 0.440. The molecule has 1 fully saturated rings. The van der Waals surface area contributed by atoms with E-state index in [9.17, 15) is 9.90 Å². The van der Waals surface area contributed by atoms with Crippen LogP contribution in [0.15, 0.2) is 43.0 Å². The summed E-state index contributed by atoms with van der Waals surface area (Å²) < 4.78 is 12.8. The van der Waals surface area contributed by atoms with Gasteiger partial charge in [0.1, 0.15) is 12.4 Å². The van der Waals surface area contributed by atoms with Crippen LogP contribution < -0.4 is 4.74 Å². The molecule has 6 nitrogen and oxygen atoms in total. The smallest absolute Gasteiger partial charge is 0.308 e. The van der Waals surface area contributed by atoms with Gasteiger partial charge in [-0.15, -0.1) is 0 Å². The summed E-state index contributed by atoms with van der Waals surface area (Å²) in [4.78, 5) is 15.8. The van der Waals surface area contributed by atoms with Crippen molar-refractivity contribution in [2.45, 2.75) is 38.2 Å². The molecule has 1 aliphatic carbocycles. The lowest BCUT2D eigenvalue weighted by atomic mass is 9.79. The standard InChI is InChI=1S/C19H24N2O4/c1-2-24-18(22)15-6-8-19(23,9-7-15)13-25-17-5-3-4-16(12-17)21-11-10-20-14-21/h3-5,10-12,14-15,23H,2,6-9,13H2,1H3. The van der Waals surface area contributed by atoms with E-state index in [4.69, 9.17) is 9.47 Å². The summed E-state index contributed by atoms with van der Waals surface area (Å²) in [6.45, 7) is 2.43. The maximum absolute atomic E-state index is 11.8. The molecular formula is C19H24N2O4. The van der Waals surface area contributed by atoms with E-state index in [2.05, 4.69) is 4.98 Å². The molecule has 1 N–H and O–H groups in total. The highest BCUT2D eigenvalue weighted by Crippen LogP contribution is 2.33. The highest BCUT2D eigenvalue weighted by Gasteiger charge is 2.37. The third-order valence-corrected chi connectivity index (χ3v) is 4.66. The molecule has 1 aromatic carbocycles. The van der Waals surface area contributed by atoms with Crippen molar-refractivity contribution in [2.24, 2.45) is 5.92 Å². The number of aromatic nitrogens is 2. The fourth-order valence-electron chi connectivity index (χ4n) is 3.16. The quantitative estimate of drug-likeness (QED) is 0.816. The average molecular weight is 344 g/mol. The second-order valence-electron chi connectivity index (χ2n) is 6.51. The van der Waals surface area contributed by atoms with Gasteiger partial charge in [-0.05, 0) is 44.7 Å². The van der Waals surface area contributed by atoms with Crippen LogP contribution in [0.25, 0.3) is 5.69 Å². The van der Waals surface area contributed by atoms with Gasteiger partial charge < -0.3 is 19.1 Å². The van der Waals surface area contributed by atoms with Gasteiger partial charge in [0, 0.05) is 18.5 Å². The maximum Gasteiger partial charge on any atom is 0.308 e. The van der Waals surface area contributed by atoms with Crippen molar-refractivity contribution in [1.82, 2.24) is 9.55 Å². The number of carbonyl (C=O) groups is 1. The molecule has 0 bridgehead atoms. The molecule has 1 heterocycles. The van der Waals surface area contributed by atoms with E-state index >= 15 is 0 Å². The van der Waals surface area contributed by atoms with Gasteiger partial charge in [0.25, 0.3) is 0 Å². The van der Waals surface area contributed by atoms with E-state index in [1.165, 1.54) is 0 Å². The highest BCUT2D eigenvalue weighted by atomic mass is 16.5. The van der Waals surface area contributed by atoms with Crippen molar-refractivity contribution in [1.29, 1.82) is 0 Å². The van der Waals surface area contributed by atoms with Gasteiger partial charge in [0.15, 0.2) is 0 Å². The number of benzene rings is 1. The molecule has 0 amide bonds. The topological polar surface area (TPSA) is 73.6 Å². The van der Waals surface area contributed by atoms with Crippen molar-refractivity contribution < 1.29 is 19.4 Å². The summed E-state index contributed by atoms with van der Waals surface area (Å²) in [7, 11) is 0. The molecule has 25 heavy (non-hydrogen) atoms. The van der Waals surface area contributed by atoms with Gasteiger partial charge in [-0.1, -0.05) is 6.07 Å². The molecule has 6 heteroatoms. The van der Waals surface area contributed by atoms with Crippen LogP contribution in [-0.2, 0) is 9.53 Å². The Morgan fingerprint density at radius 1 is 1.40 bits per heavy atom. The molecule has 0 radical (unpaired) electrons. The van der Waals surface area contributed by atoms with Gasteiger partial charge in [0.2, 0.25) is 0 Å². The normalized spacial score (nSPS) is 23.2. The summed E-state index contributed by atoms with van der Waals surface area (Å²) in [5, 5.41) is 10.7. The lowest BCUT2D eigenvalue weighted by molar-refractivity contribution is -0.151. The predicted molar refractivity (Wildman–Crippen MR) is 92.6 cm³/mol. The highest BCUT2D eigenvalue weighted by molar-refractivity contribution is 5.72. The minimum atomic E-state index is -0.895. The molecule has 1 aromatic heterocycles. The van der Waals surface area contributed by atoms with Crippen LogP contribution in [0.2, 0.25) is 0 Å². The molecule has 0 aliphatic heterocycles. The van der Waals surface area contributed by atoms with Crippen LogP contribution in [0.4, 0.5) is 0 Å². The molecule has 1 saturated carbocycles. The first kappa shape index (κ1) is 17.5. The third-order valence-electron chi connectivity index (χ3n) is 4.66. The largest absolute Gasteiger partial charge is 0.491 e. The van der Waals surface area contributed by atoms with Gasteiger partial charge in [-0.2, -0.15) is 0 Å². The Kier molecular flexibility index (Phi) is 5.38. The van der Waals surface area contributed by atoms with E-state index in [1.54, 1.807) is 12.5 Å². The van der Waals surface area contributed by atoms with Gasteiger partial charge in [-0.3, -0.25) is 4.79 Å². The van der Waals surface area contributed by atoms with Crippen LogP contribution in [0.5, 0.6) is 5.75 Å². The van der Waals surface area contributed by atoms with Gasteiger partial charge in [0.05, 0.1) is 30.1 Å². The van der Waals surface area contributed by atoms with Crippen molar-refractivity contribution in [3.8, 4) is 11.4 Å². The van der Waals surface area contributed by atoms with Crippen molar-refractivity contribution in [3.05, 3.63) is 43.0 Å². The molecule has 1 aliphatic rings. The number of imidazole rings is 1. The van der Waals surface area contributed by atoms with Crippen LogP contribution in [0, 0.1) is 5.92 Å². The Labute approximate surface area is 147 Å². The minimum Gasteiger partial charge on any atom is -0.491 e. The van der Waals surface area contributed by atoms with Gasteiger partial charge in [-0.25, -0.2) is 4.98 Å². The molecule has 0 unspecified atom stereocenters. The number of aliphatic hydroxyl groups is 1. The monoisotopic (exact) mass is 344 g/mol. The number of hydrogen-bond donors (Lipinski definition) is 1. The first-order chi connectivity index (χ1) is 12.1. The maximum atomic E-state index is 11.8. The van der Waals surface area contributed by atoms with E-state index in [1.807, 2.05) is 42.0 Å². The lowest BCUT2D eigenvalue weighted by Crippen LogP contribution is -2.41. The van der Waals surface area contributed by atoms with Crippen LogP contribution >= 0.6 is 0 Å². The zero-order valence-electron chi connectivity index (χ0n) is 14.4. The molecule has 0 spiro atoms. The predicted octanol–water partition coefficient (Wildman–Crippen LogP) is 2.74. The molecule has 134 valence electrons. The number of ether oxygens (including phenoxy) is 2. The summed E-state index contributed by atoms with van der Waals surface area (Å²) in [6, 6.07) is 7.66. The Morgan fingerprint density at radius 3 is 2.88 bits per heavy atom. The molecule has 2 aromatic rings. The zero-order valence-corrected chi connectivity index (χ0v) is 14.4. The number of nitrogens with zero attached hydrogens (tertiary/aromatic N) is 2.